The van der Waals surface area contributed by atoms with E-state index in [0.29, 0.717) is 30.4 Å². The van der Waals surface area contributed by atoms with Gasteiger partial charge in [-0.3, -0.25) is 0 Å². The zero-order chi connectivity index (χ0) is 14.4. The second kappa shape index (κ2) is 6.96. The Bertz CT molecular complexity index is 563. The predicted molar refractivity (Wildman–Crippen MR) is 81.2 cm³/mol. The van der Waals surface area contributed by atoms with Gasteiger partial charge in [-0.1, -0.05) is 18.2 Å². The van der Waals surface area contributed by atoms with Gasteiger partial charge in [0.25, 0.3) is 0 Å². The van der Waals surface area contributed by atoms with Crippen molar-refractivity contribution < 1.29 is 4.74 Å². The number of anilines is 2. The second-order valence-electron chi connectivity index (χ2n) is 4.28. The molecular formula is C14H17ClN4O. The van der Waals surface area contributed by atoms with Gasteiger partial charge in [-0.15, -0.1) is 0 Å². The van der Waals surface area contributed by atoms with Crippen molar-refractivity contribution in [3.63, 3.8) is 0 Å². The normalized spacial score (nSPS) is 10.3. The largest absolute Gasteiger partial charge is 0.494 e. The van der Waals surface area contributed by atoms with Crippen LogP contribution in [0.2, 0.25) is 5.28 Å². The van der Waals surface area contributed by atoms with Crippen molar-refractivity contribution in [2.24, 2.45) is 0 Å². The van der Waals surface area contributed by atoms with Gasteiger partial charge in [0.1, 0.15) is 5.75 Å². The van der Waals surface area contributed by atoms with Gasteiger partial charge < -0.3 is 15.8 Å². The van der Waals surface area contributed by atoms with Crippen molar-refractivity contribution in [3.05, 3.63) is 41.3 Å². The minimum atomic E-state index is 0.194. The highest BCUT2D eigenvalue weighted by Crippen LogP contribution is 2.20. The zero-order valence-electron chi connectivity index (χ0n) is 11.3. The van der Waals surface area contributed by atoms with Crippen LogP contribution in [0, 0.1) is 6.92 Å². The van der Waals surface area contributed by atoms with Gasteiger partial charge in [0, 0.05) is 6.54 Å². The number of nitrogens with two attached hydrogens (primary N) is 1. The summed E-state index contributed by atoms with van der Waals surface area (Å²) in [6.45, 7) is 3.12. The summed E-state index contributed by atoms with van der Waals surface area (Å²) < 4.78 is 5.59. The molecule has 0 bridgehead atoms. The second-order valence-corrected chi connectivity index (χ2v) is 4.62. The van der Waals surface area contributed by atoms with Crippen LogP contribution in [0.4, 0.5) is 11.5 Å². The molecule has 0 aliphatic rings. The molecule has 0 aliphatic carbocycles. The minimum Gasteiger partial charge on any atom is -0.494 e. The number of rotatable bonds is 6. The summed E-state index contributed by atoms with van der Waals surface area (Å²) in [6, 6.07) is 9.70. The molecule has 106 valence electrons. The maximum absolute atomic E-state index is 5.88. The first kappa shape index (κ1) is 14.4. The number of hydrogen-bond donors (Lipinski definition) is 2. The molecule has 1 heterocycles. The predicted octanol–water partition coefficient (Wildman–Crippen LogP) is 2.90. The highest BCUT2D eigenvalue weighted by Gasteiger charge is 2.06. The average Bonchev–Trinajstić information content (AvgIpc) is 2.44. The van der Waals surface area contributed by atoms with E-state index in [1.165, 1.54) is 0 Å². The molecule has 0 aliphatic heterocycles. The number of para-hydroxylation sites is 1. The Labute approximate surface area is 123 Å². The van der Waals surface area contributed by atoms with Gasteiger partial charge in [-0.25, -0.2) is 4.98 Å². The first-order chi connectivity index (χ1) is 9.66. The highest BCUT2D eigenvalue weighted by atomic mass is 35.5. The molecule has 3 N–H and O–H groups in total. The van der Waals surface area contributed by atoms with Gasteiger partial charge >= 0.3 is 0 Å². The number of aromatic nitrogens is 2. The van der Waals surface area contributed by atoms with Gasteiger partial charge in [0.2, 0.25) is 5.28 Å². The molecule has 6 heteroatoms. The first-order valence-corrected chi connectivity index (χ1v) is 6.76. The van der Waals surface area contributed by atoms with Gasteiger partial charge in [0.15, 0.2) is 5.82 Å². The summed E-state index contributed by atoms with van der Waals surface area (Å²) in [5.74, 6) is 1.44. The van der Waals surface area contributed by atoms with E-state index in [1.54, 1.807) is 6.92 Å². The third kappa shape index (κ3) is 3.99. The SMILES string of the molecule is Cc1nc(Cl)nc(NCCCOc2ccccc2)c1N. The number of nitrogen functional groups attached to an aromatic ring is 1. The van der Waals surface area contributed by atoms with Crippen LogP contribution in [-0.2, 0) is 0 Å². The standard InChI is InChI=1S/C14H17ClN4O/c1-10-12(16)13(19-14(15)18-10)17-8-5-9-20-11-6-3-2-4-7-11/h2-4,6-7H,5,8-9,16H2,1H3,(H,17,18,19). The van der Waals surface area contributed by atoms with Crippen molar-refractivity contribution in [2.45, 2.75) is 13.3 Å². The molecule has 0 amide bonds. The zero-order valence-corrected chi connectivity index (χ0v) is 12.0. The van der Waals surface area contributed by atoms with E-state index in [4.69, 9.17) is 22.1 Å². The Morgan fingerprint density at radius 1 is 1.25 bits per heavy atom. The summed E-state index contributed by atoms with van der Waals surface area (Å²) in [6.07, 6.45) is 0.828. The molecule has 0 unspecified atom stereocenters. The van der Waals surface area contributed by atoms with Crippen LogP contribution < -0.4 is 15.8 Å². The van der Waals surface area contributed by atoms with E-state index < -0.39 is 0 Å². The van der Waals surface area contributed by atoms with E-state index in [-0.39, 0.29) is 5.28 Å². The highest BCUT2D eigenvalue weighted by molar-refractivity contribution is 6.28. The van der Waals surface area contributed by atoms with Crippen LogP contribution in [-0.4, -0.2) is 23.1 Å². The van der Waals surface area contributed by atoms with Crippen molar-refractivity contribution in [1.29, 1.82) is 0 Å². The molecule has 5 nitrogen and oxygen atoms in total. The smallest absolute Gasteiger partial charge is 0.224 e. The monoisotopic (exact) mass is 292 g/mol. The minimum absolute atomic E-state index is 0.194. The van der Waals surface area contributed by atoms with E-state index in [1.807, 2.05) is 30.3 Å². The molecule has 1 aromatic carbocycles. The molecule has 20 heavy (non-hydrogen) atoms. The fourth-order valence-corrected chi connectivity index (χ4v) is 1.88. The fourth-order valence-electron chi connectivity index (χ4n) is 1.67. The molecule has 2 aromatic rings. The Hall–Kier alpha value is -2.01. The Morgan fingerprint density at radius 2 is 2.00 bits per heavy atom. The van der Waals surface area contributed by atoms with Crippen molar-refractivity contribution in [1.82, 2.24) is 9.97 Å². The summed E-state index contributed by atoms with van der Waals surface area (Å²) >= 11 is 5.80. The molecule has 0 saturated carbocycles. The third-order valence-corrected chi connectivity index (χ3v) is 2.90. The summed E-state index contributed by atoms with van der Waals surface area (Å²) in [4.78, 5) is 8.05. The molecule has 2 rings (SSSR count). The Kier molecular flexibility index (Phi) is 5.01. The van der Waals surface area contributed by atoms with Gasteiger partial charge in [0.05, 0.1) is 18.0 Å². The average molecular weight is 293 g/mol. The summed E-state index contributed by atoms with van der Waals surface area (Å²) in [5.41, 5.74) is 7.08. The third-order valence-electron chi connectivity index (χ3n) is 2.73. The van der Waals surface area contributed by atoms with Gasteiger partial charge in [-0.2, -0.15) is 4.98 Å². The maximum atomic E-state index is 5.88. The quantitative estimate of drug-likeness (QED) is 0.632. The van der Waals surface area contributed by atoms with E-state index >= 15 is 0 Å². The van der Waals surface area contributed by atoms with Crippen LogP contribution >= 0.6 is 11.6 Å². The molecule has 0 radical (unpaired) electrons. The van der Waals surface area contributed by atoms with E-state index in [0.717, 1.165) is 12.2 Å². The van der Waals surface area contributed by atoms with Crippen LogP contribution in [0.3, 0.4) is 0 Å². The lowest BCUT2D eigenvalue weighted by molar-refractivity contribution is 0.315. The molecule has 0 atom stereocenters. The number of nitrogens with one attached hydrogen (secondary N) is 1. The number of nitrogens with zero attached hydrogens (tertiary/aromatic N) is 2. The van der Waals surface area contributed by atoms with E-state index in [9.17, 15) is 0 Å². The van der Waals surface area contributed by atoms with Gasteiger partial charge in [-0.05, 0) is 37.1 Å². The molecular weight excluding hydrogens is 276 g/mol. The van der Waals surface area contributed by atoms with Crippen LogP contribution in [0.1, 0.15) is 12.1 Å². The topological polar surface area (TPSA) is 73.1 Å². The van der Waals surface area contributed by atoms with Crippen molar-refractivity contribution >= 4 is 23.1 Å². The molecule has 1 aromatic heterocycles. The molecule has 0 spiro atoms. The number of ether oxygens (including phenoxy) is 1. The lowest BCUT2D eigenvalue weighted by Crippen LogP contribution is -2.11. The number of hydrogen-bond acceptors (Lipinski definition) is 5. The number of halogens is 1. The maximum Gasteiger partial charge on any atom is 0.224 e. The Balaban J connectivity index is 1.76. The first-order valence-electron chi connectivity index (χ1n) is 6.38. The van der Waals surface area contributed by atoms with E-state index in [2.05, 4.69) is 15.3 Å². The fraction of sp³-hybridized carbons (Fsp3) is 0.286. The molecule has 0 saturated heterocycles. The van der Waals surface area contributed by atoms with Crippen molar-refractivity contribution in [3.8, 4) is 5.75 Å². The summed E-state index contributed by atoms with van der Waals surface area (Å²) in [5, 5.41) is 3.33. The lowest BCUT2D eigenvalue weighted by atomic mass is 10.3. The van der Waals surface area contributed by atoms with Crippen LogP contribution in [0.5, 0.6) is 5.75 Å². The van der Waals surface area contributed by atoms with Crippen LogP contribution in [0.15, 0.2) is 30.3 Å². The summed E-state index contributed by atoms with van der Waals surface area (Å²) in [7, 11) is 0. The number of benzene rings is 1. The lowest BCUT2D eigenvalue weighted by Gasteiger charge is -2.10. The van der Waals surface area contributed by atoms with Crippen molar-refractivity contribution in [2.75, 3.05) is 24.2 Å². The molecule has 0 fully saturated rings. The number of aryl methyl sites for hydroxylation is 1. The van der Waals surface area contributed by atoms with Crippen LogP contribution in [0.25, 0.3) is 0 Å². The Morgan fingerprint density at radius 3 is 2.75 bits per heavy atom.